The number of ether oxygens (including phenoxy) is 4. The Morgan fingerprint density at radius 3 is 1.71 bits per heavy atom. The molecule has 3 N–H and O–H groups in total. The summed E-state index contributed by atoms with van der Waals surface area (Å²) in [5, 5.41) is 29.2. The number of carbonyl (C=O) groups is 2. The van der Waals surface area contributed by atoms with Crippen LogP contribution in [0.4, 0.5) is 0 Å². The van der Waals surface area contributed by atoms with Gasteiger partial charge in [0, 0.05) is 20.3 Å². The molecule has 1 rings (SSSR count). The van der Waals surface area contributed by atoms with E-state index in [0.717, 1.165) is 5.56 Å². The van der Waals surface area contributed by atoms with Crippen molar-refractivity contribution >= 4 is 11.9 Å². The number of phenols is 1. The first-order chi connectivity index (χ1) is 13.1. The molecule has 0 saturated carbocycles. The first-order valence-electron chi connectivity index (χ1n) is 8.78. The molecule has 2 atom stereocenters. The fraction of sp³-hybridized carbons (Fsp3) is 0.579. The summed E-state index contributed by atoms with van der Waals surface area (Å²) in [7, 11) is 0. The zero-order valence-corrected chi connectivity index (χ0v) is 16.3. The van der Waals surface area contributed by atoms with Gasteiger partial charge >= 0.3 is 11.9 Å². The predicted octanol–water partition coefficient (Wildman–Crippen LogP) is 0.532. The minimum absolute atomic E-state index is 0.112. The van der Waals surface area contributed by atoms with Crippen molar-refractivity contribution in [2.75, 3.05) is 26.4 Å². The van der Waals surface area contributed by atoms with E-state index in [9.17, 15) is 24.9 Å². The summed E-state index contributed by atoms with van der Waals surface area (Å²) >= 11 is 0. The van der Waals surface area contributed by atoms with Crippen LogP contribution >= 0.6 is 0 Å². The van der Waals surface area contributed by atoms with Gasteiger partial charge in [0.2, 0.25) is 0 Å². The molecule has 9 nitrogen and oxygen atoms in total. The second kappa shape index (κ2) is 11.6. The molecule has 2 unspecified atom stereocenters. The Labute approximate surface area is 163 Å². The van der Waals surface area contributed by atoms with E-state index in [1.54, 1.807) is 19.1 Å². The number of phenolic OH excluding ortho intramolecular Hbond substituents is 1. The lowest BCUT2D eigenvalue weighted by Gasteiger charge is -2.32. The number of hydrogen-bond donors (Lipinski definition) is 3. The number of aromatic hydroxyl groups is 1. The molecule has 0 spiro atoms. The average molecular weight is 400 g/mol. The fourth-order valence-corrected chi connectivity index (χ4v) is 2.20. The van der Waals surface area contributed by atoms with Gasteiger partial charge < -0.3 is 34.3 Å². The fourth-order valence-electron chi connectivity index (χ4n) is 2.20. The molecule has 0 radical (unpaired) electrons. The van der Waals surface area contributed by atoms with E-state index >= 15 is 0 Å². The lowest BCUT2D eigenvalue weighted by molar-refractivity contribution is -0.246. The molecule has 0 heterocycles. The van der Waals surface area contributed by atoms with Crippen molar-refractivity contribution < 1.29 is 43.9 Å². The minimum Gasteiger partial charge on any atom is -0.508 e. The topological polar surface area (TPSA) is 132 Å². The normalized spacial score (nSPS) is 15.3. The number of esters is 2. The van der Waals surface area contributed by atoms with Crippen LogP contribution in [0.5, 0.6) is 5.75 Å². The zero-order chi connectivity index (χ0) is 21.2. The van der Waals surface area contributed by atoms with Crippen LogP contribution in [-0.4, -0.2) is 71.7 Å². The van der Waals surface area contributed by atoms with E-state index in [4.69, 9.17) is 18.9 Å². The van der Waals surface area contributed by atoms with Crippen molar-refractivity contribution in [2.24, 2.45) is 0 Å². The van der Waals surface area contributed by atoms with E-state index in [2.05, 4.69) is 0 Å². The molecule has 0 aliphatic heterocycles. The Hall–Kier alpha value is -2.20. The van der Waals surface area contributed by atoms with Gasteiger partial charge in [0.15, 0.2) is 5.79 Å². The van der Waals surface area contributed by atoms with E-state index in [1.807, 2.05) is 0 Å². The molecule has 0 amide bonds. The molecule has 0 aliphatic carbocycles. The van der Waals surface area contributed by atoms with E-state index < -0.39 is 29.9 Å². The number of rotatable bonds is 12. The second-order valence-corrected chi connectivity index (χ2v) is 6.51. The second-order valence-electron chi connectivity index (χ2n) is 6.51. The van der Waals surface area contributed by atoms with E-state index in [1.165, 1.54) is 26.0 Å². The molecule has 0 fully saturated rings. The van der Waals surface area contributed by atoms with Crippen molar-refractivity contribution in [3.8, 4) is 5.75 Å². The standard InChI is InChI=1S/C19H28O9/c1-13(20)25-9-17(23)11-27-19(3,8-15-4-6-16(22)7-5-15)28-12-18(24)10-26-14(2)21/h4-7,17-18,22-24H,8-12H2,1-3H3. The average Bonchev–Trinajstić information content (AvgIpc) is 2.63. The molecule has 0 saturated heterocycles. The number of aliphatic hydroxyl groups is 2. The van der Waals surface area contributed by atoms with Crippen molar-refractivity contribution in [2.45, 2.75) is 45.2 Å². The Bertz CT molecular complexity index is 586. The molecule has 9 heteroatoms. The van der Waals surface area contributed by atoms with Gasteiger partial charge in [0.25, 0.3) is 0 Å². The maximum atomic E-state index is 10.8. The highest BCUT2D eigenvalue weighted by molar-refractivity contribution is 5.66. The zero-order valence-electron chi connectivity index (χ0n) is 16.3. The third kappa shape index (κ3) is 10.2. The summed E-state index contributed by atoms with van der Waals surface area (Å²) in [5.41, 5.74) is 0.782. The Balaban J connectivity index is 2.70. The first kappa shape index (κ1) is 23.8. The monoisotopic (exact) mass is 400 g/mol. The van der Waals surface area contributed by atoms with Crippen LogP contribution in [0.2, 0.25) is 0 Å². The van der Waals surface area contributed by atoms with Gasteiger partial charge in [0.05, 0.1) is 13.2 Å². The van der Waals surface area contributed by atoms with Gasteiger partial charge in [-0.25, -0.2) is 0 Å². The van der Waals surface area contributed by atoms with Crippen LogP contribution in [0.15, 0.2) is 24.3 Å². The highest BCUT2D eigenvalue weighted by Gasteiger charge is 2.29. The largest absolute Gasteiger partial charge is 0.508 e. The van der Waals surface area contributed by atoms with Crippen LogP contribution < -0.4 is 0 Å². The van der Waals surface area contributed by atoms with Gasteiger partial charge in [0.1, 0.15) is 31.2 Å². The highest BCUT2D eigenvalue weighted by atomic mass is 16.7. The molecule has 1 aromatic carbocycles. The Kier molecular flexibility index (Phi) is 9.88. The van der Waals surface area contributed by atoms with Crippen molar-refractivity contribution in [3.63, 3.8) is 0 Å². The van der Waals surface area contributed by atoms with Gasteiger partial charge in [-0.05, 0) is 24.6 Å². The lowest BCUT2D eigenvalue weighted by atomic mass is 10.1. The quantitative estimate of drug-likeness (QED) is 0.339. The van der Waals surface area contributed by atoms with Crippen molar-refractivity contribution in [1.29, 1.82) is 0 Å². The molecular weight excluding hydrogens is 372 g/mol. The van der Waals surface area contributed by atoms with Gasteiger partial charge in [-0.2, -0.15) is 0 Å². The third-order valence-corrected chi connectivity index (χ3v) is 3.58. The Morgan fingerprint density at radius 2 is 1.32 bits per heavy atom. The van der Waals surface area contributed by atoms with Gasteiger partial charge in [-0.1, -0.05) is 12.1 Å². The highest BCUT2D eigenvalue weighted by Crippen LogP contribution is 2.22. The predicted molar refractivity (Wildman–Crippen MR) is 97.4 cm³/mol. The molecule has 1 aromatic rings. The molecule has 0 aliphatic rings. The van der Waals surface area contributed by atoms with Gasteiger partial charge in [-0.3, -0.25) is 9.59 Å². The lowest BCUT2D eigenvalue weighted by Crippen LogP contribution is -2.41. The smallest absolute Gasteiger partial charge is 0.302 e. The molecule has 28 heavy (non-hydrogen) atoms. The third-order valence-electron chi connectivity index (χ3n) is 3.58. The van der Waals surface area contributed by atoms with Crippen molar-refractivity contribution in [3.05, 3.63) is 29.8 Å². The first-order valence-corrected chi connectivity index (χ1v) is 8.78. The number of aliphatic hydroxyl groups excluding tert-OH is 2. The molecule has 0 aromatic heterocycles. The van der Waals surface area contributed by atoms with Crippen LogP contribution in [-0.2, 0) is 35.0 Å². The van der Waals surface area contributed by atoms with Crippen LogP contribution in [0, 0.1) is 0 Å². The summed E-state index contributed by atoms with van der Waals surface area (Å²) in [6.45, 7) is 3.28. The maximum Gasteiger partial charge on any atom is 0.302 e. The number of carbonyl (C=O) groups excluding carboxylic acids is 2. The molecular formula is C19H28O9. The summed E-state index contributed by atoms with van der Waals surface area (Å²) in [6.07, 6.45) is -1.87. The van der Waals surface area contributed by atoms with Crippen molar-refractivity contribution in [1.82, 2.24) is 0 Å². The Morgan fingerprint density at radius 1 is 0.893 bits per heavy atom. The number of benzene rings is 1. The molecule has 0 bridgehead atoms. The summed E-state index contributed by atoms with van der Waals surface area (Å²) in [6, 6.07) is 6.40. The maximum absolute atomic E-state index is 10.8. The van der Waals surface area contributed by atoms with E-state index in [-0.39, 0.29) is 38.6 Å². The minimum atomic E-state index is -1.24. The van der Waals surface area contributed by atoms with Crippen LogP contribution in [0.3, 0.4) is 0 Å². The summed E-state index contributed by atoms with van der Waals surface area (Å²) in [4.78, 5) is 21.6. The van der Waals surface area contributed by atoms with Gasteiger partial charge in [-0.15, -0.1) is 0 Å². The summed E-state index contributed by atoms with van der Waals surface area (Å²) < 4.78 is 20.8. The van der Waals surface area contributed by atoms with Crippen LogP contribution in [0.25, 0.3) is 0 Å². The summed E-state index contributed by atoms with van der Waals surface area (Å²) in [5.74, 6) is -2.17. The SMILES string of the molecule is CC(=O)OCC(O)COC(C)(Cc1ccc(O)cc1)OCC(O)COC(C)=O. The molecule has 158 valence electrons. The number of hydrogen-bond acceptors (Lipinski definition) is 9. The van der Waals surface area contributed by atoms with E-state index in [0.29, 0.717) is 0 Å². The van der Waals surface area contributed by atoms with Crippen LogP contribution in [0.1, 0.15) is 26.3 Å².